The molecule has 1 rings (SSSR count). The summed E-state index contributed by atoms with van der Waals surface area (Å²) in [5.41, 5.74) is 2.16. The number of hydrogen-bond donors (Lipinski definition) is 2. The highest BCUT2D eigenvalue weighted by atomic mass is 16.3. The number of aryl methyl sites for hydroxylation is 2. The molecule has 90 valence electrons. The molecule has 1 aromatic rings. The summed E-state index contributed by atoms with van der Waals surface area (Å²) in [5, 5.41) is 16.0. The molecule has 0 aromatic carbocycles. The van der Waals surface area contributed by atoms with E-state index in [1.54, 1.807) is 4.68 Å². The van der Waals surface area contributed by atoms with Crippen LogP contribution < -0.4 is 5.32 Å². The summed E-state index contributed by atoms with van der Waals surface area (Å²) < 4.78 is 1.68. The predicted octanol–water partition coefficient (Wildman–Crippen LogP) is 0.538. The first-order chi connectivity index (χ1) is 7.51. The largest absolute Gasteiger partial charge is 0.394 e. The predicted molar refractivity (Wildman–Crippen MR) is 61.3 cm³/mol. The van der Waals surface area contributed by atoms with Gasteiger partial charge in [-0.1, -0.05) is 6.92 Å². The van der Waals surface area contributed by atoms with Gasteiger partial charge in [0.25, 0.3) is 5.91 Å². The van der Waals surface area contributed by atoms with Crippen molar-refractivity contribution >= 4 is 5.91 Å². The van der Waals surface area contributed by atoms with E-state index in [2.05, 4.69) is 10.4 Å². The monoisotopic (exact) mass is 225 g/mol. The minimum Gasteiger partial charge on any atom is -0.394 e. The van der Waals surface area contributed by atoms with Crippen LogP contribution in [0.4, 0.5) is 0 Å². The molecule has 1 atom stereocenters. The highest BCUT2D eigenvalue weighted by molar-refractivity contribution is 5.96. The van der Waals surface area contributed by atoms with Crippen LogP contribution in [0, 0.1) is 13.8 Å². The molecule has 2 N–H and O–H groups in total. The molecule has 0 saturated carbocycles. The summed E-state index contributed by atoms with van der Waals surface area (Å²) in [4.78, 5) is 12.0. The van der Waals surface area contributed by atoms with Crippen molar-refractivity contribution in [3.8, 4) is 0 Å². The molecule has 1 aromatic heterocycles. The van der Waals surface area contributed by atoms with Gasteiger partial charge in [0, 0.05) is 12.7 Å². The molecule has 0 radical (unpaired) electrons. The molecule has 0 fully saturated rings. The first kappa shape index (κ1) is 12.7. The fraction of sp³-hybridized carbons (Fsp3) is 0.636. The molecule has 1 heterocycles. The number of nitrogens with one attached hydrogen (secondary N) is 1. The third-order valence-corrected chi connectivity index (χ3v) is 2.78. The van der Waals surface area contributed by atoms with Crippen LogP contribution in [0.15, 0.2) is 0 Å². The van der Waals surface area contributed by atoms with Crippen molar-refractivity contribution in [2.45, 2.75) is 33.2 Å². The lowest BCUT2D eigenvalue weighted by molar-refractivity contribution is 0.0913. The summed E-state index contributed by atoms with van der Waals surface area (Å²) >= 11 is 0. The van der Waals surface area contributed by atoms with Crippen molar-refractivity contribution in [1.82, 2.24) is 15.1 Å². The first-order valence-corrected chi connectivity index (χ1v) is 5.43. The zero-order chi connectivity index (χ0) is 12.3. The Labute approximate surface area is 95.5 Å². The Hall–Kier alpha value is -1.36. The van der Waals surface area contributed by atoms with E-state index >= 15 is 0 Å². The number of aromatic nitrogens is 2. The van der Waals surface area contributed by atoms with Crippen LogP contribution in [0.2, 0.25) is 0 Å². The maximum absolute atomic E-state index is 12.0. The number of carbonyl (C=O) groups excluding carboxylic acids is 1. The van der Waals surface area contributed by atoms with Gasteiger partial charge in [0.2, 0.25) is 0 Å². The Bertz CT molecular complexity index is 381. The quantitative estimate of drug-likeness (QED) is 0.785. The van der Waals surface area contributed by atoms with Crippen LogP contribution in [0.25, 0.3) is 0 Å². The average Bonchev–Trinajstić information content (AvgIpc) is 2.49. The van der Waals surface area contributed by atoms with E-state index in [0.717, 1.165) is 5.69 Å². The first-order valence-electron chi connectivity index (χ1n) is 5.43. The second-order valence-electron chi connectivity index (χ2n) is 3.93. The third-order valence-electron chi connectivity index (χ3n) is 2.78. The Morgan fingerprint density at radius 1 is 1.56 bits per heavy atom. The number of rotatable bonds is 4. The van der Waals surface area contributed by atoms with Crippen LogP contribution >= 0.6 is 0 Å². The lowest BCUT2D eigenvalue weighted by atomic mass is 10.1. The van der Waals surface area contributed by atoms with E-state index in [0.29, 0.717) is 17.7 Å². The molecule has 1 amide bonds. The van der Waals surface area contributed by atoms with Gasteiger partial charge in [-0.2, -0.15) is 5.10 Å². The second-order valence-corrected chi connectivity index (χ2v) is 3.93. The molecule has 0 unspecified atom stereocenters. The highest BCUT2D eigenvalue weighted by Crippen LogP contribution is 2.11. The smallest absolute Gasteiger partial charge is 0.255 e. The van der Waals surface area contributed by atoms with Crippen molar-refractivity contribution in [2.75, 3.05) is 6.61 Å². The summed E-state index contributed by atoms with van der Waals surface area (Å²) in [6, 6.07) is -0.188. The van der Waals surface area contributed by atoms with Gasteiger partial charge >= 0.3 is 0 Å². The minimum atomic E-state index is -0.188. The van der Waals surface area contributed by atoms with Crippen molar-refractivity contribution in [3.05, 3.63) is 17.0 Å². The zero-order valence-electron chi connectivity index (χ0n) is 10.2. The second kappa shape index (κ2) is 5.12. The normalized spacial score (nSPS) is 12.6. The molecule has 5 heteroatoms. The van der Waals surface area contributed by atoms with E-state index in [1.165, 1.54) is 0 Å². The third kappa shape index (κ3) is 2.41. The summed E-state index contributed by atoms with van der Waals surface area (Å²) in [6.45, 7) is 5.54. The molecular weight excluding hydrogens is 206 g/mol. The van der Waals surface area contributed by atoms with Crippen LogP contribution in [0.5, 0.6) is 0 Å². The topological polar surface area (TPSA) is 67.2 Å². The molecule has 0 aliphatic carbocycles. The Morgan fingerprint density at radius 3 is 2.56 bits per heavy atom. The molecule has 0 spiro atoms. The zero-order valence-corrected chi connectivity index (χ0v) is 10.2. The minimum absolute atomic E-state index is 0.0411. The molecular formula is C11H19N3O2. The van der Waals surface area contributed by atoms with Crippen molar-refractivity contribution < 1.29 is 9.90 Å². The van der Waals surface area contributed by atoms with Crippen LogP contribution in [-0.2, 0) is 7.05 Å². The molecule has 5 nitrogen and oxygen atoms in total. The van der Waals surface area contributed by atoms with Crippen LogP contribution in [0.1, 0.15) is 35.1 Å². The fourth-order valence-electron chi connectivity index (χ4n) is 1.64. The Balaban J connectivity index is 2.88. The fourth-order valence-corrected chi connectivity index (χ4v) is 1.64. The number of carbonyl (C=O) groups is 1. The lowest BCUT2D eigenvalue weighted by Gasteiger charge is -2.13. The maximum atomic E-state index is 12.0. The molecule has 0 bridgehead atoms. The summed E-state index contributed by atoms with van der Waals surface area (Å²) in [5.74, 6) is -0.163. The lowest BCUT2D eigenvalue weighted by Crippen LogP contribution is -2.37. The number of aliphatic hydroxyl groups is 1. The highest BCUT2D eigenvalue weighted by Gasteiger charge is 2.19. The van der Waals surface area contributed by atoms with E-state index in [1.807, 2.05) is 27.8 Å². The van der Waals surface area contributed by atoms with E-state index < -0.39 is 0 Å². The molecule has 0 saturated heterocycles. The van der Waals surface area contributed by atoms with Gasteiger partial charge in [-0.05, 0) is 20.3 Å². The van der Waals surface area contributed by atoms with Gasteiger partial charge < -0.3 is 10.4 Å². The Morgan fingerprint density at radius 2 is 2.19 bits per heavy atom. The van der Waals surface area contributed by atoms with Crippen LogP contribution in [-0.4, -0.2) is 33.4 Å². The van der Waals surface area contributed by atoms with Gasteiger partial charge in [0.1, 0.15) is 0 Å². The van der Waals surface area contributed by atoms with Crippen molar-refractivity contribution in [2.24, 2.45) is 7.05 Å². The molecule has 0 aliphatic heterocycles. The molecule has 16 heavy (non-hydrogen) atoms. The van der Waals surface area contributed by atoms with Gasteiger partial charge in [0.05, 0.1) is 23.9 Å². The van der Waals surface area contributed by atoms with Gasteiger partial charge in [-0.3, -0.25) is 9.48 Å². The van der Waals surface area contributed by atoms with Crippen molar-refractivity contribution in [1.29, 1.82) is 0 Å². The average molecular weight is 225 g/mol. The number of aliphatic hydroxyl groups excluding tert-OH is 1. The number of nitrogens with zero attached hydrogens (tertiary/aromatic N) is 2. The van der Waals surface area contributed by atoms with Gasteiger partial charge in [0.15, 0.2) is 0 Å². The molecule has 0 aliphatic rings. The van der Waals surface area contributed by atoms with Crippen molar-refractivity contribution in [3.63, 3.8) is 0 Å². The number of hydrogen-bond acceptors (Lipinski definition) is 3. The Kier molecular flexibility index (Phi) is 4.06. The van der Waals surface area contributed by atoms with E-state index in [4.69, 9.17) is 5.11 Å². The maximum Gasteiger partial charge on any atom is 0.255 e. The number of amides is 1. The van der Waals surface area contributed by atoms with E-state index in [9.17, 15) is 4.79 Å². The van der Waals surface area contributed by atoms with Gasteiger partial charge in [-0.25, -0.2) is 0 Å². The van der Waals surface area contributed by atoms with Gasteiger partial charge in [-0.15, -0.1) is 0 Å². The van der Waals surface area contributed by atoms with E-state index in [-0.39, 0.29) is 18.6 Å². The standard InChI is InChI=1S/C11H19N3O2/c1-5-9(6-15)12-11(16)10-7(2)13-14(4)8(10)3/h9,15H,5-6H2,1-4H3,(H,12,16)/t9-/m0/s1. The van der Waals surface area contributed by atoms with Crippen LogP contribution in [0.3, 0.4) is 0 Å². The summed E-state index contributed by atoms with van der Waals surface area (Å²) in [6.07, 6.45) is 0.709. The SMILES string of the molecule is CC[C@@H](CO)NC(=O)c1c(C)nn(C)c1C. The summed E-state index contributed by atoms with van der Waals surface area (Å²) in [7, 11) is 1.81.